The highest BCUT2D eigenvalue weighted by molar-refractivity contribution is 5.87. The number of hydrogen-bond acceptors (Lipinski definition) is 9. The van der Waals surface area contributed by atoms with E-state index in [4.69, 9.17) is 30.5 Å². The number of nitrogens with one attached hydrogen (secondary N) is 1. The normalized spacial score (nSPS) is 22.1. The lowest BCUT2D eigenvalue weighted by molar-refractivity contribution is -0.195. The van der Waals surface area contributed by atoms with Crippen LogP contribution < -0.4 is 15.8 Å². The molecule has 1 unspecified atom stereocenters. The van der Waals surface area contributed by atoms with E-state index in [1.54, 1.807) is 0 Å². The molecule has 0 aliphatic carbocycles. The molecule has 0 bridgehead atoms. The van der Waals surface area contributed by atoms with Gasteiger partial charge in [-0.15, -0.1) is 0 Å². The van der Waals surface area contributed by atoms with Gasteiger partial charge in [0, 0.05) is 19.3 Å². The molecule has 8 N–H and O–H groups in total. The number of phenols is 1. The van der Waals surface area contributed by atoms with E-state index in [1.807, 2.05) is 0 Å². The first-order valence-electron chi connectivity index (χ1n) is 10.0. The van der Waals surface area contributed by atoms with Gasteiger partial charge in [-0.1, -0.05) is 6.07 Å². The van der Waals surface area contributed by atoms with Crippen molar-refractivity contribution in [3.63, 3.8) is 0 Å². The monoisotopic (exact) mass is 470 g/mol. The third kappa shape index (κ3) is 7.89. The minimum absolute atomic E-state index is 0.00262. The van der Waals surface area contributed by atoms with Crippen molar-refractivity contribution in [3.05, 3.63) is 23.8 Å². The fourth-order valence-electron chi connectivity index (χ4n) is 3.18. The number of nitrogens with two attached hydrogens (primary N) is 1. The van der Waals surface area contributed by atoms with Crippen LogP contribution in [0.4, 0.5) is 0 Å². The molecular weight excluding hydrogens is 444 g/mol. The van der Waals surface area contributed by atoms with Gasteiger partial charge in [-0.2, -0.15) is 0 Å². The molecule has 0 saturated carbocycles. The van der Waals surface area contributed by atoms with E-state index in [0.29, 0.717) is 5.56 Å². The van der Waals surface area contributed by atoms with Gasteiger partial charge < -0.3 is 46.1 Å². The summed E-state index contributed by atoms with van der Waals surface area (Å²) in [6, 6.07) is 1.49. The van der Waals surface area contributed by atoms with Crippen LogP contribution in [-0.2, 0) is 30.3 Å². The van der Waals surface area contributed by atoms with Gasteiger partial charge in [-0.05, 0) is 30.5 Å². The second-order valence-corrected chi connectivity index (χ2v) is 7.58. The average molecular weight is 470 g/mol. The smallest absolute Gasteiger partial charge is 0.333 e. The number of carboxylic acids is 3. The van der Waals surface area contributed by atoms with E-state index >= 15 is 0 Å². The molecule has 1 aliphatic rings. The number of carbonyl (C=O) groups excluding carboxylic acids is 1. The number of rotatable bonds is 11. The fourth-order valence-corrected chi connectivity index (χ4v) is 3.18. The summed E-state index contributed by atoms with van der Waals surface area (Å²) >= 11 is 0. The number of aliphatic carboxylic acids is 3. The van der Waals surface area contributed by atoms with Crippen LogP contribution in [0.1, 0.15) is 31.2 Å². The summed E-state index contributed by atoms with van der Waals surface area (Å²) in [6.45, 7) is 0. The quantitative estimate of drug-likeness (QED) is 0.207. The number of phenolic OH excluding ortho intramolecular Hbond substituents is 1. The molecule has 0 radical (unpaired) electrons. The molecule has 1 amide bonds. The number of aliphatic hydroxyl groups excluding tert-OH is 1. The Labute approximate surface area is 187 Å². The Bertz CT molecular complexity index is 891. The van der Waals surface area contributed by atoms with E-state index in [2.05, 4.69) is 5.32 Å². The van der Waals surface area contributed by atoms with Crippen LogP contribution >= 0.6 is 0 Å². The van der Waals surface area contributed by atoms with Crippen LogP contribution in [0.5, 0.6) is 11.5 Å². The van der Waals surface area contributed by atoms with E-state index in [9.17, 15) is 29.4 Å². The number of benzene rings is 1. The number of hydrogen-bond donors (Lipinski definition) is 7. The number of aromatic hydroxyl groups is 1. The SMILES string of the molecule is N[C@@H](Cc1ccc(OC2C[C@@H](O)C[C@@H](C(=O)O)O2)c(O)c1)C(=O)N[C@@H](CCC(=O)O)C(=O)O. The van der Waals surface area contributed by atoms with Crippen molar-refractivity contribution in [2.24, 2.45) is 5.73 Å². The molecule has 1 saturated heterocycles. The Morgan fingerprint density at radius 2 is 1.88 bits per heavy atom. The van der Waals surface area contributed by atoms with Gasteiger partial charge in [-0.25, -0.2) is 9.59 Å². The summed E-state index contributed by atoms with van der Waals surface area (Å²) in [5.74, 6) is -5.04. The molecule has 2 rings (SSSR count). The first kappa shape index (κ1) is 25.8. The highest BCUT2D eigenvalue weighted by Crippen LogP contribution is 2.31. The summed E-state index contributed by atoms with van der Waals surface area (Å²) in [4.78, 5) is 45.1. The van der Waals surface area contributed by atoms with Crippen molar-refractivity contribution < 1.29 is 54.2 Å². The minimum atomic E-state index is -1.41. The van der Waals surface area contributed by atoms with E-state index in [1.165, 1.54) is 18.2 Å². The molecule has 13 heteroatoms. The molecule has 1 heterocycles. The fraction of sp³-hybridized carbons (Fsp3) is 0.500. The van der Waals surface area contributed by atoms with Crippen molar-refractivity contribution in [2.75, 3.05) is 0 Å². The lowest BCUT2D eigenvalue weighted by Gasteiger charge is -2.31. The molecule has 1 fully saturated rings. The van der Waals surface area contributed by atoms with Crippen molar-refractivity contribution in [1.29, 1.82) is 0 Å². The molecular formula is C20H26N2O11. The van der Waals surface area contributed by atoms with Crippen molar-refractivity contribution in [2.45, 2.75) is 62.7 Å². The molecule has 1 aromatic rings. The Balaban J connectivity index is 1.97. The summed E-state index contributed by atoms with van der Waals surface area (Å²) in [6.07, 6.45) is -4.21. The molecule has 33 heavy (non-hydrogen) atoms. The van der Waals surface area contributed by atoms with Crippen LogP contribution in [0, 0.1) is 0 Å². The van der Waals surface area contributed by atoms with Gasteiger partial charge in [0.25, 0.3) is 0 Å². The third-order valence-electron chi connectivity index (χ3n) is 4.88. The van der Waals surface area contributed by atoms with Gasteiger partial charge in [0.2, 0.25) is 12.2 Å². The van der Waals surface area contributed by atoms with E-state index in [0.717, 1.165) is 0 Å². The second-order valence-electron chi connectivity index (χ2n) is 7.58. The van der Waals surface area contributed by atoms with Gasteiger partial charge in [-0.3, -0.25) is 9.59 Å². The van der Waals surface area contributed by atoms with Crippen LogP contribution in [0.3, 0.4) is 0 Å². The average Bonchev–Trinajstić information content (AvgIpc) is 2.72. The predicted octanol–water partition coefficient (Wildman–Crippen LogP) is -0.974. The maximum absolute atomic E-state index is 12.2. The summed E-state index contributed by atoms with van der Waals surface area (Å²) in [5, 5.41) is 49.0. The van der Waals surface area contributed by atoms with Crippen LogP contribution in [0.15, 0.2) is 18.2 Å². The van der Waals surface area contributed by atoms with Gasteiger partial charge in [0.15, 0.2) is 17.6 Å². The lowest BCUT2D eigenvalue weighted by Crippen LogP contribution is -2.49. The number of aliphatic hydroxyl groups is 1. The zero-order valence-electron chi connectivity index (χ0n) is 17.4. The Morgan fingerprint density at radius 1 is 1.18 bits per heavy atom. The Hall–Kier alpha value is -3.42. The molecule has 1 aromatic carbocycles. The highest BCUT2D eigenvalue weighted by Gasteiger charge is 2.34. The summed E-state index contributed by atoms with van der Waals surface area (Å²) < 4.78 is 10.7. The lowest BCUT2D eigenvalue weighted by atomic mass is 10.0. The molecule has 182 valence electrons. The molecule has 1 aliphatic heterocycles. The Kier molecular flexibility index (Phi) is 8.96. The molecule has 0 aromatic heterocycles. The zero-order chi connectivity index (χ0) is 24.7. The highest BCUT2D eigenvalue weighted by atomic mass is 16.7. The second kappa shape index (κ2) is 11.4. The minimum Gasteiger partial charge on any atom is -0.504 e. The maximum atomic E-state index is 12.2. The molecule has 5 atom stereocenters. The van der Waals surface area contributed by atoms with E-state index in [-0.39, 0.29) is 37.2 Å². The maximum Gasteiger partial charge on any atom is 0.333 e. The topological polar surface area (TPSA) is 226 Å². The van der Waals surface area contributed by atoms with Crippen LogP contribution in [-0.4, -0.2) is 79.9 Å². The zero-order valence-corrected chi connectivity index (χ0v) is 17.4. The summed E-state index contributed by atoms with van der Waals surface area (Å²) in [7, 11) is 0. The van der Waals surface area contributed by atoms with Crippen molar-refractivity contribution in [3.8, 4) is 11.5 Å². The largest absolute Gasteiger partial charge is 0.504 e. The van der Waals surface area contributed by atoms with E-state index < -0.39 is 60.8 Å². The third-order valence-corrected chi connectivity index (χ3v) is 4.88. The number of carboxylic acid groups (broad SMARTS) is 3. The number of carbonyl (C=O) groups is 4. The Morgan fingerprint density at radius 3 is 2.45 bits per heavy atom. The van der Waals surface area contributed by atoms with Crippen molar-refractivity contribution >= 4 is 23.8 Å². The van der Waals surface area contributed by atoms with Gasteiger partial charge in [0.05, 0.1) is 12.1 Å². The van der Waals surface area contributed by atoms with Crippen molar-refractivity contribution in [1.82, 2.24) is 5.32 Å². The first-order chi connectivity index (χ1) is 15.5. The number of ether oxygens (including phenoxy) is 2. The molecule has 13 nitrogen and oxygen atoms in total. The summed E-state index contributed by atoms with van der Waals surface area (Å²) in [5.41, 5.74) is 6.22. The van der Waals surface area contributed by atoms with Crippen LogP contribution in [0.25, 0.3) is 0 Å². The predicted molar refractivity (Wildman–Crippen MR) is 108 cm³/mol. The molecule has 0 spiro atoms. The first-order valence-corrected chi connectivity index (χ1v) is 10.0. The number of amides is 1. The standard InChI is InChI=1S/C20H26N2O11/c21-11(18(27)22-12(19(28)29)2-4-16(25)26)5-9-1-3-14(13(24)6-9)32-17-8-10(23)7-15(33-17)20(30)31/h1,3,6,10-12,15,17,23-24H,2,4-5,7-8,21H2,(H,22,27)(H,25,26)(H,28,29)(H,30,31)/t10-,11-,12-,15-,17?/m0/s1. The van der Waals surface area contributed by atoms with Crippen LogP contribution in [0.2, 0.25) is 0 Å². The van der Waals surface area contributed by atoms with Gasteiger partial charge in [0.1, 0.15) is 6.04 Å². The van der Waals surface area contributed by atoms with Gasteiger partial charge >= 0.3 is 17.9 Å².